The molecular formula is C14H12BrNOS. The monoisotopic (exact) mass is 321 g/mol. The zero-order valence-electron chi connectivity index (χ0n) is 9.60. The summed E-state index contributed by atoms with van der Waals surface area (Å²) in [7, 11) is 0. The number of hydrogen-bond donors (Lipinski definition) is 1. The van der Waals surface area contributed by atoms with Gasteiger partial charge in [0, 0.05) is 21.5 Å². The Morgan fingerprint density at radius 1 is 1.28 bits per heavy atom. The molecule has 18 heavy (non-hydrogen) atoms. The highest BCUT2D eigenvalue weighted by Gasteiger charge is 2.05. The first-order valence-corrected chi connectivity index (χ1v) is 7.11. The summed E-state index contributed by atoms with van der Waals surface area (Å²) in [6.07, 6.45) is 3.85. The van der Waals surface area contributed by atoms with Crippen molar-refractivity contribution in [3.8, 4) is 0 Å². The second-order valence-corrected chi connectivity index (χ2v) is 5.69. The van der Waals surface area contributed by atoms with Gasteiger partial charge in [0.15, 0.2) is 5.78 Å². The molecule has 0 radical (unpaired) electrons. The number of nitrogens with two attached hydrogens (primary N) is 1. The van der Waals surface area contributed by atoms with Gasteiger partial charge in [-0.1, -0.05) is 18.2 Å². The van der Waals surface area contributed by atoms with Gasteiger partial charge >= 0.3 is 0 Å². The van der Waals surface area contributed by atoms with Crippen molar-refractivity contribution in [3.05, 3.63) is 56.7 Å². The molecule has 0 fully saturated rings. The third-order valence-electron chi connectivity index (χ3n) is 2.42. The van der Waals surface area contributed by atoms with Gasteiger partial charge in [-0.2, -0.15) is 0 Å². The first-order valence-electron chi connectivity index (χ1n) is 5.43. The molecule has 92 valence electrons. The lowest BCUT2D eigenvalue weighted by Crippen LogP contribution is -1.96. The molecule has 0 saturated heterocycles. The number of carbonyl (C=O) groups is 1. The van der Waals surface area contributed by atoms with Gasteiger partial charge in [-0.3, -0.25) is 4.79 Å². The lowest BCUT2D eigenvalue weighted by Gasteiger charge is -1.96. The minimum absolute atomic E-state index is 0.0926. The highest BCUT2D eigenvalue weighted by Crippen LogP contribution is 2.23. The largest absolute Gasteiger partial charge is 0.399 e. The number of nitrogen functional groups attached to an aromatic ring is 1. The van der Waals surface area contributed by atoms with Crippen LogP contribution in [-0.4, -0.2) is 5.78 Å². The number of ketones is 1. The van der Waals surface area contributed by atoms with Crippen molar-refractivity contribution >= 4 is 44.8 Å². The molecule has 2 nitrogen and oxygen atoms in total. The SMILES string of the molecule is Nc1ccc(/C=C/C(=O)Cc2sccc2Br)cc1. The van der Waals surface area contributed by atoms with E-state index in [4.69, 9.17) is 5.73 Å². The second-order valence-electron chi connectivity index (χ2n) is 3.83. The van der Waals surface area contributed by atoms with Crippen molar-refractivity contribution in [2.24, 2.45) is 0 Å². The molecule has 2 rings (SSSR count). The number of halogens is 1. The zero-order valence-corrected chi connectivity index (χ0v) is 12.0. The van der Waals surface area contributed by atoms with Crippen molar-refractivity contribution in [3.63, 3.8) is 0 Å². The zero-order chi connectivity index (χ0) is 13.0. The first kappa shape index (κ1) is 13.1. The van der Waals surface area contributed by atoms with Gasteiger partial charge in [0.25, 0.3) is 0 Å². The molecule has 0 aliphatic rings. The van der Waals surface area contributed by atoms with E-state index < -0.39 is 0 Å². The van der Waals surface area contributed by atoms with Gasteiger partial charge in [-0.05, 0) is 51.1 Å². The van der Waals surface area contributed by atoms with Crippen molar-refractivity contribution < 1.29 is 4.79 Å². The fraction of sp³-hybridized carbons (Fsp3) is 0.0714. The Hall–Kier alpha value is -1.39. The van der Waals surface area contributed by atoms with E-state index in [2.05, 4.69) is 15.9 Å². The predicted molar refractivity (Wildman–Crippen MR) is 80.6 cm³/mol. The summed E-state index contributed by atoms with van der Waals surface area (Å²) in [5.74, 6) is 0.0926. The molecular weight excluding hydrogens is 310 g/mol. The minimum Gasteiger partial charge on any atom is -0.399 e. The number of carbonyl (C=O) groups excluding carboxylic acids is 1. The van der Waals surface area contributed by atoms with Crippen LogP contribution in [0.4, 0.5) is 5.69 Å². The maximum Gasteiger partial charge on any atom is 0.160 e. The summed E-state index contributed by atoms with van der Waals surface area (Å²) in [5.41, 5.74) is 7.29. The van der Waals surface area contributed by atoms with Gasteiger partial charge in [-0.25, -0.2) is 0 Å². The van der Waals surface area contributed by atoms with Crippen LogP contribution in [0.5, 0.6) is 0 Å². The first-order chi connectivity index (χ1) is 8.65. The molecule has 1 aromatic carbocycles. The molecule has 2 N–H and O–H groups in total. The van der Waals surface area contributed by atoms with Crippen molar-refractivity contribution in [1.82, 2.24) is 0 Å². The summed E-state index contributed by atoms with van der Waals surface area (Å²) >= 11 is 5.00. The molecule has 0 saturated carbocycles. The quantitative estimate of drug-likeness (QED) is 0.685. The summed E-state index contributed by atoms with van der Waals surface area (Å²) in [6, 6.07) is 9.37. The summed E-state index contributed by atoms with van der Waals surface area (Å²) in [4.78, 5) is 12.8. The third-order valence-corrected chi connectivity index (χ3v) is 4.35. The van der Waals surface area contributed by atoms with E-state index in [0.29, 0.717) is 6.42 Å². The van der Waals surface area contributed by atoms with Crippen LogP contribution in [0.15, 0.2) is 46.3 Å². The summed E-state index contributed by atoms with van der Waals surface area (Å²) in [5, 5.41) is 1.97. The van der Waals surface area contributed by atoms with Crippen LogP contribution >= 0.6 is 27.3 Å². The van der Waals surface area contributed by atoms with E-state index >= 15 is 0 Å². The standard InChI is InChI=1S/C14H12BrNOS/c15-13-7-8-18-14(13)9-12(17)6-3-10-1-4-11(16)5-2-10/h1-8H,9,16H2/b6-3+. The molecule has 0 spiro atoms. The summed E-state index contributed by atoms with van der Waals surface area (Å²) < 4.78 is 1.00. The van der Waals surface area contributed by atoms with E-state index in [1.165, 1.54) is 0 Å². The predicted octanol–water partition coefficient (Wildman–Crippen LogP) is 3.92. The molecule has 0 aliphatic heterocycles. The topological polar surface area (TPSA) is 43.1 Å². The van der Waals surface area contributed by atoms with Crippen molar-refractivity contribution in [2.75, 3.05) is 5.73 Å². The van der Waals surface area contributed by atoms with Gasteiger partial charge in [0.2, 0.25) is 0 Å². The number of allylic oxidation sites excluding steroid dienone is 1. The Morgan fingerprint density at radius 2 is 2.00 bits per heavy atom. The van der Waals surface area contributed by atoms with E-state index in [-0.39, 0.29) is 5.78 Å². The Kier molecular flexibility index (Phi) is 4.33. The fourth-order valence-corrected chi connectivity index (χ4v) is 2.97. The fourth-order valence-electron chi connectivity index (χ4n) is 1.46. The molecule has 0 unspecified atom stereocenters. The van der Waals surface area contributed by atoms with Crippen LogP contribution in [0.3, 0.4) is 0 Å². The van der Waals surface area contributed by atoms with Crippen LogP contribution in [0.2, 0.25) is 0 Å². The van der Waals surface area contributed by atoms with Gasteiger partial charge in [0.05, 0.1) is 0 Å². The molecule has 4 heteroatoms. The Balaban J connectivity index is 1.99. The maximum absolute atomic E-state index is 11.8. The molecule has 2 aromatic rings. The number of rotatable bonds is 4. The number of hydrogen-bond acceptors (Lipinski definition) is 3. The molecule has 0 amide bonds. The van der Waals surface area contributed by atoms with Crippen LogP contribution in [0, 0.1) is 0 Å². The average Bonchev–Trinajstić information content (AvgIpc) is 2.74. The second kappa shape index (κ2) is 5.98. The van der Waals surface area contributed by atoms with E-state index in [9.17, 15) is 4.79 Å². The minimum atomic E-state index is 0.0926. The Labute approximate surface area is 118 Å². The molecule has 1 aromatic heterocycles. The van der Waals surface area contributed by atoms with Gasteiger partial charge in [0.1, 0.15) is 0 Å². The Bertz CT molecular complexity index is 572. The average molecular weight is 322 g/mol. The van der Waals surface area contributed by atoms with Gasteiger partial charge in [-0.15, -0.1) is 11.3 Å². The molecule has 0 bridgehead atoms. The Morgan fingerprint density at radius 3 is 2.61 bits per heavy atom. The van der Waals surface area contributed by atoms with E-state index in [0.717, 1.165) is 20.6 Å². The van der Waals surface area contributed by atoms with Crippen molar-refractivity contribution in [2.45, 2.75) is 6.42 Å². The maximum atomic E-state index is 11.8. The highest BCUT2D eigenvalue weighted by molar-refractivity contribution is 9.10. The smallest absolute Gasteiger partial charge is 0.160 e. The van der Waals surface area contributed by atoms with Crippen LogP contribution in [0.25, 0.3) is 6.08 Å². The number of benzene rings is 1. The van der Waals surface area contributed by atoms with Crippen LogP contribution < -0.4 is 5.73 Å². The number of thiophene rings is 1. The molecule has 0 aliphatic carbocycles. The van der Waals surface area contributed by atoms with Crippen LogP contribution in [0.1, 0.15) is 10.4 Å². The lowest BCUT2D eigenvalue weighted by atomic mass is 10.1. The molecule has 1 heterocycles. The molecule has 0 atom stereocenters. The summed E-state index contributed by atoms with van der Waals surface area (Å²) in [6.45, 7) is 0. The van der Waals surface area contributed by atoms with Crippen molar-refractivity contribution in [1.29, 1.82) is 0 Å². The number of anilines is 1. The third kappa shape index (κ3) is 3.55. The van der Waals surface area contributed by atoms with E-state index in [1.54, 1.807) is 17.4 Å². The van der Waals surface area contributed by atoms with Gasteiger partial charge < -0.3 is 5.73 Å². The van der Waals surface area contributed by atoms with Crippen LogP contribution in [-0.2, 0) is 11.2 Å². The normalized spacial score (nSPS) is 10.9. The highest BCUT2D eigenvalue weighted by atomic mass is 79.9. The van der Waals surface area contributed by atoms with E-state index in [1.807, 2.05) is 41.8 Å². The lowest BCUT2D eigenvalue weighted by molar-refractivity contribution is -0.113.